The molecule has 0 spiro atoms. The topological polar surface area (TPSA) is 30.2 Å². The number of nitrogens with zero attached hydrogens (tertiary/aromatic N) is 3. The van der Waals surface area contributed by atoms with Gasteiger partial charge in [-0.25, -0.2) is 4.79 Å². The van der Waals surface area contributed by atoms with Crippen LogP contribution in [-0.4, -0.2) is 26.6 Å². The molecule has 0 bridgehead atoms. The Kier molecular flexibility index (Phi) is 4.94. The number of imidazole rings is 1. The summed E-state index contributed by atoms with van der Waals surface area (Å²) in [7, 11) is 3.69. The third-order valence-electron chi connectivity index (χ3n) is 6.96. The minimum atomic E-state index is 0.0349. The predicted octanol–water partition coefficient (Wildman–Crippen LogP) is 4.44. The molecular weight excluding hydrogens is 358 g/mol. The van der Waals surface area contributed by atoms with Gasteiger partial charge in [-0.3, -0.25) is 14.0 Å². The Morgan fingerprint density at radius 2 is 1.66 bits per heavy atom. The molecule has 1 aromatic heterocycles. The number of piperidine rings is 1. The molecule has 2 heterocycles. The molecule has 29 heavy (non-hydrogen) atoms. The van der Waals surface area contributed by atoms with Gasteiger partial charge in [0.25, 0.3) is 0 Å². The van der Waals surface area contributed by atoms with Crippen molar-refractivity contribution in [1.82, 2.24) is 14.0 Å². The lowest BCUT2D eigenvalue weighted by Crippen LogP contribution is -2.46. The number of likely N-dealkylation sites (tertiary alicyclic amines) is 1. The fraction of sp³-hybridized carbons (Fsp3) is 0.480. The molecule has 0 N–H and O–H groups in total. The number of fused-ring (bicyclic) bond motifs is 1. The molecule has 0 aliphatic carbocycles. The minimum absolute atomic E-state index is 0.0349. The van der Waals surface area contributed by atoms with Crippen molar-refractivity contribution < 1.29 is 0 Å². The lowest BCUT2D eigenvalue weighted by molar-refractivity contribution is 0.103. The summed E-state index contributed by atoms with van der Waals surface area (Å²) in [6, 6.07) is 14.0. The van der Waals surface area contributed by atoms with Crippen molar-refractivity contribution in [3.05, 3.63) is 69.1 Å². The lowest BCUT2D eigenvalue weighted by atomic mass is 9.71. The van der Waals surface area contributed by atoms with Gasteiger partial charge in [-0.1, -0.05) is 42.3 Å². The van der Waals surface area contributed by atoms with Gasteiger partial charge in [0.2, 0.25) is 0 Å². The Labute approximate surface area is 173 Å². The second-order valence-electron chi connectivity index (χ2n) is 9.43. The summed E-state index contributed by atoms with van der Waals surface area (Å²) in [5, 5.41) is 0. The summed E-state index contributed by atoms with van der Waals surface area (Å²) in [5.74, 6) is 0. The van der Waals surface area contributed by atoms with Crippen molar-refractivity contribution in [2.75, 3.05) is 6.54 Å². The van der Waals surface area contributed by atoms with Crippen molar-refractivity contribution in [1.29, 1.82) is 0 Å². The molecule has 1 saturated heterocycles. The maximum absolute atomic E-state index is 12.2. The number of rotatable bonds is 3. The minimum Gasteiger partial charge on any atom is -0.296 e. The molecule has 3 aromatic rings. The summed E-state index contributed by atoms with van der Waals surface area (Å²) in [5.41, 5.74) is 7.77. The van der Waals surface area contributed by atoms with E-state index in [9.17, 15) is 4.79 Å². The Morgan fingerprint density at radius 1 is 1.00 bits per heavy atom. The van der Waals surface area contributed by atoms with E-state index in [-0.39, 0.29) is 11.1 Å². The summed E-state index contributed by atoms with van der Waals surface area (Å²) >= 11 is 0. The summed E-state index contributed by atoms with van der Waals surface area (Å²) < 4.78 is 3.47. The first kappa shape index (κ1) is 20.0. The Balaban J connectivity index is 1.54. The molecule has 4 rings (SSSR count). The monoisotopic (exact) mass is 391 g/mol. The van der Waals surface area contributed by atoms with Gasteiger partial charge >= 0.3 is 5.69 Å². The van der Waals surface area contributed by atoms with E-state index in [1.54, 1.807) is 9.13 Å². The van der Waals surface area contributed by atoms with Crippen LogP contribution < -0.4 is 5.69 Å². The van der Waals surface area contributed by atoms with E-state index in [1.807, 2.05) is 14.1 Å². The van der Waals surface area contributed by atoms with Gasteiger partial charge in [0.1, 0.15) is 0 Å². The van der Waals surface area contributed by atoms with Crippen LogP contribution in [0.2, 0.25) is 0 Å². The third kappa shape index (κ3) is 3.55. The highest BCUT2D eigenvalue weighted by Gasteiger charge is 2.35. The standard InChI is InChI=1S/C25H33N3O/c1-17-11-18(2)13-21(12-17)25(4)9-10-28(19(3)15-25)16-20-7-8-22-23(14-20)27(6)24(29)26(22)5/h7-8,11-14,19H,9-10,15-16H2,1-6H3/t19-,25-/m0/s1. The van der Waals surface area contributed by atoms with Gasteiger partial charge in [-0.15, -0.1) is 0 Å². The predicted molar refractivity (Wildman–Crippen MR) is 121 cm³/mol. The normalized spacial score (nSPS) is 23.0. The van der Waals surface area contributed by atoms with Crippen molar-refractivity contribution in [2.45, 2.75) is 58.5 Å². The highest BCUT2D eigenvalue weighted by atomic mass is 16.1. The lowest BCUT2D eigenvalue weighted by Gasteiger charge is -2.44. The fourth-order valence-electron chi connectivity index (χ4n) is 5.20. The molecule has 0 saturated carbocycles. The number of benzene rings is 2. The van der Waals surface area contributed by atoms with E-state index in [0.717, 1.165) is 24.1 Å². The Morgan fingerprint density at radius 3 is 2.31 bits per heavy atom. The molecule has 1 aliphatic heterocycles. The number of aromatic nitrogens is 2. The molecule has 2 aromatic carbocycles. The van der Waals surface area contributed by atoms with Crippen molar-refractivity contribution in [3.8, 4) is 0 Å². The molecule has 0 amide bonds. The van der Waals surface area contributed by atoms with Crippen LogP contribution in [0.3, 0.4) is 0 Å². The zero-order valence-corrected chi connectivity index (χ0v) is 18.6. The average molecular weight is 392 g/mol. The van der Waals surface area contributed by atoms with E-state index in [1.165, 1.54) is 35.1 Å². The molecule has 1 fully saturated rings. The van der Waals surface area contributed by atoms with Crippen LogP contribution in [0.4, 0.5) is 0 Å². The van der Waals surface area contributed by atoms with Gasteiger partial charge in [0, 0.05) is 26.7 Å². The third-order valence-corrected chi connectivity index (χ3v) is 6.96. The smallest absolute Gasteiger partial charge is 0.296 e. The number of hydrogen-bond donors (Lipinski definition) is 0. The average Bonchev–Trinajstić information content (AvgIpc) is 2.87. The van der Waals surface area contributed by atoms with Gasteiger partial charge in [0.05, 0.1) is 11.0 Å². The molecule has 2 atom stereocenters. The fourth-order valence-corrected chi connectivity index (χ4v) is 5.20. The van der Waals surface area contributed by atoms with E-state index in [0.29, 0.717) is 6.04 Å². The van der Waals surface area contributed by atoms with Crippen LogP contribution in [-0.2, 0) is 26.1 Å². The molecule has 154 valence electrons. The zero-order valence-electron chi connectivity index (χ0n) is 18.6. The molecule has 0 unspecified atom stereocenters. The quantitative estimate of drug-likeness (QED) is 0.661. The number of hydrogen-bond acceptors (Lipinski definition) is 2. The number of aryl methyl sites for hydroxylation is 4. The van der Waals surface area contributed by atoms with Crippen LogP contribution in [0.1, 0.15) is 48.9 Å². The van der Waals surface area contributed by atoms with Crippen LogP contribution >= 0.6 is 0 Å². The van der Waals surface area contributed by atoms with Crippen LogP contribution in [0.5, 0.6) is 0 Å². The Hall–Kier alpha value is -2.33. The summed E-state index contributed by atoms with van der Waals surface area (Å²) in [6.45, 7) is 11.2. The molecule has 4 heteroatoms. The van der Waals surface area contributed by atoms with Crippen LogP contribution in [0.15, 0.2) is 41.2 Å². The zero-order chi connectivity index (χ0) is 20.9. The van der Waals surface area contributed by atoms with Crippen molar-refractivity contribution in [2.24, 2.45) is 14.1 Å². The van der Waals surface area contributed by atoms with E-state index in [2.05, 4.69) is 69.0 Å². The van der Waals surface area contributed by atoms with Crippen molar-refractivity contribution >= 4 is 11.0 Å². The second kappa shape index (κ2) is 7.17. The maximum atomic E-state index is 12.2. The van der Waals surface area contributed by atoms with Gasteiger partial charge in [0.15, 0.2) is 0 Å². The molecule has 1 aliphatic rings. The first-order valence-electron chi connectivity index (χ1n) is 10.6. The highest BCUT2D eigenvalue weighted by molar-refractivity contribution is 5.76. The van der Waals surface area contributed by atoms with Gasteiger partial charge in [-0.2, -0.15) is 0 Å². The van der Waals surface area contributed by atoms with Crippen LogP contribution in [0, 0.1) is 13.8 Å². The van der Waals surface area contributed by atoms with E-state index >= 15 is 0 Å². The van der Waals surface area contributed by atoms with Crippen LogP contribution in [0.25, 0.3) is 11.0 Å². The molecule has 0 radical (unpaired) electrons. The summed E-state index contributed by atoms with van der Waals surface area (Å²) in [4.78, 5) is 14.8. The SMILES string of the molecule is Cc1cc(C)cc([C@@]2(C)CCN(Cc3ccc4c(c3)n(C)c(=O)n4C)[C@@H](C)C2)c1. The van der Waals surface area contributed by atoms with Crippen molar-refractivity contribution in [3.63, 3.8) is 0 Å². The highest BCUT2D eigenvalue weighted by Crippen LogP contribution is 2.39. The van der Waals surface area contributed by atoms with E-state index < -0.39 is 0 Å². The van der Waals surface area contributed by atoms with Gasteiger partial charge in [-0.05, 0) is 68.8 Å². The molecular formula is C25H33N3O. The second-order valence-corrected chi connectivity index (χ2v) is 9.43. The summed E-state index contributed by atoms with van der Waals surface area (Å²) in [6.07, 6.45) is 2.34. The maximum Gasteiger partial charge on any atom is 0.328 e. The first-order valence-corrected chi connectivity index (χ1v) is 10.6. The van der Waals surface area contributed by atoms with E-state index in [4.69, 9.17) is 0 Å². The Bertz CT molecular complexity index is 1100. The molecule has 4 nitrogen and oxygen atoms in total. The first-order chi connectivity index (χ1) is 13.7. The largest absolute Gasteiger partial charge is 0.328 e. The van der Waals surface area contributed by atoms with Gasteiger partial charge < -0.3 is 0 Å².